The molecule has 0 saturated carbocycles. The zero-order valence-corrected chi connectivity index (χ0v) is 10.4. The van der Waals surface area contributed by atoms with Gasteiger partial charge in [-0.15, -0.1) is 0 Å². The fraction of sp³-hybridized carbons (Fsp3) is 0.250. The van der Waals surface area contributed by atoms with E-state index < -0.39 is 5.82 Å². The van der Waals surface area contributed by atoms with Crippen molar-refractivity contribution in [2.75, 3.05) is 20.0 Å². The number of methoxy groups -OCH3 is 2. The molecule has 0 aliphatic heterocycles. The third kappa shape index (κ3) is 1.85. The number of nitrogens with two attached hydrogens (primary N) is 1. The Morgan fingerprint density at radius 1 is 1.17 bits per heavy atom. The number of halogens is 1. The van der Waals surface area contributed by atoms with Crippen LogP contribution in [0.4, 0.5) is 10.2 Å². The number of aromatic nitrogens is 2. The zero-order chi connectivity index (χ0) is 13.3. The summed E-state index contributed by atoms with van der Waals surface area (Å²) in [7, 11) is 4.60. The van der Waals surface area contributed by atoms with E-state index in [2.05, 4.69) is 5.10 Å². The topological polar surface area (TPSA) is 62.3 Å². The smallest absolute Gasteiger partial charge is 0.168 e. The van der Waals surface area contributed by atoms with Gasteiger partial charge < -0.3 is 15.2 Å². The van der Waals surface area contributed by atoms with Crippen molar-refractivity contribution < 1.29 is 13.9 Å². The molecule has 2 rings (SSSR count). The molecule has 96 valence electrons. The lowest BCUT2D eigenvalue weighted by Crippen LogP contribution is -1.99. The summed E-state index contributed by atoms with van der Waals surface area (Å²) in [6.07, 6.45) is 1.60. The van der Waals surface area contributed by atoms with Gasteiger partial charge in [0, 0.05) is 24.2 Å². The highest BCUT2D eigenvalue weighted by atomic mass is 19.1. The average molecular weight is 251 g/mol. The Labute approximate surface area is 104 Å². The highest BCUT2D eigenvalue weighted by molar-refractivity contribution is 5.79. The molecule has 0 saturated heterocycles. The van der Waals surface area contributed by atoms with E-state index in [1.165, 1.54) is 25.0 Å². The lowest BCUT2D eigenvalue weighted by atomic mass is 10.1. The third-order valence-electron chi connectivity index (χ3n) is 2.75. The Hall–Kier alpha value is -2.24. The summed E-state index contributed by atoms with van der Waals surface area (Å²) in [5, 5.41) is 4.05. The van der Waals surface area contributed by atoms with Crippen LogP contribution in [0.3, 0.4) is 0 Å². The molecule has 1 aromatic carbocycles. The minimum atomic E-state index is -0.486. The molecular formula is C12H14FN3O2. The van der Waals surface area contributed by atoms with E-state index in [9.17, 15) is 4.39 Å². The predicted octanol–water partition coefficient (Wildman–Crippen LogP) is 1.83. The van der Waals surface area contributed by atoms with E-state index in [0.717, 1.165) is 0 Å². The van der Waals surface area contributed by atoms with E-state index in [4.69, 9.17) is 15.2 Å². The minimum absolute atomic E-state index is 0.133. The van der Waals surface area contributed by atoms with Crippen LogP contribution >= 0.6 is 0 Å². The number of nitrogens with zero attached hydrogens (tertiary/aromatic N) is 2. The second-order valence-corrected chi connectivity index (χ2v) is 3.75. The number of rotatable bonds is 3. The Morgan fingerprint density at radius 3 is 2.33 bits per heavy atom. The van der Waals surface area contributed by atoms with Gasteiger partial charge in [-0.2, -0.15) is 5.10 Å². The van der Waals surface area contributed by atoms with Crippen molar-refractivity contribution in [3.63, 3.8) is 0 Å². The van der Waals surface area contributed by atoms with Crippen LogP contribution in [0, 0.1) is 5.82 Å². The first-order valence-corrected chi connectivity index (χ1v) is 5.27. The van der Waals surface area contributed by atoms with E-state index in [1.807, 2.05) is 0 Å². The predicted molar refractivity (Wildman–Crippen MR) is 66.1 cm³/mol. The van der Waals surface area contributed by atoms with Gasteiger partial charge in [-0.1, -0.05) is 0 Å². The number of hydrogen-bond donors (Lipinski definition) is 1. The molecule has 0 bridgehead atoms. The molecule has 0 fully saturated rings. The van der Waals surface area contributed by atoms with Crippen LogP contribution in [-0.4, -0.2) is 24.0 Å². The number of anilines is 1. The largest absolute Gasteiger partial charge is 0.496 e. The van der Waals surface area contributed by atoms with Gasteiger partial charge in [0.2, 0.25) is 0 Å². The molecule has 0 atom stereocenters. The Morgan fingerprint density at radius 2 is 1.83 bits per heavy atom. The van der Waals surface area contributed by atoms with E-state index in [-0.39, 0.29) is 5.75 Å². The first-order valence-electron chi connectivity index (χ1n) is 5.27. The van der Waals surface area contributed by atoms with Gasteiger partial charge in [0.05, 0.1) is 20.4 Å². The summed E-state index contributed by atoms with van der Waals surface area (Å²) in [6.45, 7) is 0. The number of benzene rings is 1. The molecule has 6 heteroatoms. The van der Waals surface area contributed by atoms with Crippen molar-refractivity contribution in [1.82, 2.24) is 9.78 Å². The van der Waals surface area contributed by atoms with Crippen molar-refractivity contribution >= 4 is 5.82 Å². The van der Waals surface area contributed by atoms with Crippen molar-refractivity contribution in [3.05, 3.63) is 24.1 Å². The van der Waals surface area contributed by atoms with Gasteiger partial charge in [-0.05, 0) is 6.07 Å². The molecule has 0 amide bonds. The van der Waals surface area contributed by atoms with Gasteiger partial charge in [-0.3, -0.25) is 4.68 Å². The van der Waals surface area contributed by atoms with Crippen molar-refractivity contribution in [2.45, 2.75) is 0 Å². The maximum absolute atomic E-state index is 13.6. The van der Waals surface area contributed by atoms with Gasteiger partial charge in [0.15, 0.2) is 11.6 Å². The summed E-state index contributed by atoms with van der Waals surface area (Å²) < 4.78 is 25.2. The highest BCUT2D eigenvalue weighted by Crippen LogP contribution is 2.37. The van der Waals surface area contributed by atoms with Crippen molar-refractivity contribution in [3.8, 4) is 22.6 Å². The molecule has 0 spiro atoms. The van der Waals surface area contributed by atoms with E-state index in [1.54, 1.807) is 19.3 Å². The zero-order valence-electron chi connectivity index (χ0n) is 10.4. The molecular weight excluding hydrogens is 237 g/mol. The molecule has 2 aromatic rings. The minimum Gasteiger partial charge on any atom is -0.496 e. The van der Waals surface area contributed by atoms with Crippen LogP contribution in [-0.2, 0) is 7.05 Å². The molecule has 0 unspecified atom stereocenters. The maximum Gasteiger partial charge on any atom is 0.168 e. The van der Waals surface area contributed by atoms with Crippen LogP contribution in [0.2, 0.25) is 0 Å². The van der Waals surface area contributed by atoms with Crippen molar-refractivity contribution in [1.29, 1.82) is 0 Å². The molecule has 1 heterocycles. The first-order chi connectivity index (χ1) is 8.58. The summed E-state index contributed by atoms with van der Waals surface area (Å²) in [6, 6.07) is 2.81. The Bertz CT molecular complexity index is 581. The summed E-state index contributed by atoms with van der Waals surface area (Å²) in [5.41, 5.74) is 7.21. The summed E-state index contributed by atoms with van der Waals surface area (Å²) in [4.78, 5) is 0. The normalized spacial score (nSPS) is 10.4. The standard InChI is InChI=1S/C12H14FN3O2/c1-16-12(14)8(6-15-16)7-4-11(18-3)9(13)5-10(7)17-2/h4-6H,14H2,1-3H3. The lowest BCUT2D eigenvalue weighted by Gasteiger charge is -2.11. The molecule has 5 nitrogen and oxygen atoms in total. The van der Waals surface area contributed by atoms with Crippen molar-refractivity contribution in [2.24, 2.45) is 7.05 Å². The monoisotopic (exact) mass is 251 g/mol. The van der Waals surface area contributed by atoms with Crippen LogP contribution in [0.5, 0.6) is 11.5 Å². The van der Waals surface area contributed by atoms with Gasteiger partial charge >= 0.3 is 0 Å². The molecule has 0 radical (unpaired) electrons. The molecule has 2 N–H and O–H groups in total. The van der Waals surface area contributed by atoms with Crippen LogP contribution in [0.25, 0.3) is 11.1 Å². The SMILES string of the molecule is COc1cc(-c2cnn(C)c2N)c(OC)cc1F. The highest BCUT2D eigenvalue weighted by Gasteiger charge is 2.16. The van der Waals surface area contributed by atoms with Gasteiger partial charge in [-0.25, -0.2) is 4.39 Å². The number of ether oxygens (including phenoxy) is 2. The summed E-state index contributed by atoms with van der Waals surface area (Å²) in [5.74, 6) is 0.504. The van der Waals surface area contributed by atoms with Gasteiger partial charge in [0.1, 0.15) is 11.6 Å². The summed E-state index contributed by atoms with van der Waals surface area (Å²) >= 11 is 0. The van der Waals surface area contributed by atoms with Crippen LogP contribution in [0.15, 0.2) is 18.3 Å². The Balaban J connectivity index is 2.65. The number of hydrogen-bond acceptors (Lipinski definition) is 4. The van der Waals surface area contributed by atoms with Crippen LogP contribution < -0.4 is 15.2 Å². The lowest BCUT2D eigenvalue weighted by molar-refractivity contribution is 0.378. The first kappa shape index (κ1) is 12.2. The molecule has 0 aliphatic carbocycles. The fourth-order valence-corrected chi connectivity index (χ4v) is 1.73. The number of aryl methyl sites for hydroxylation is 1. The fourth-order valence-electron chi connectivity index (χ4n) is 1.73. The second-order valence-electron chi connectivity index (χ2n) is 3.75. The molecule has 0 aliphatic rings. The quantitative estimate of drug-likeness (QED) is 0.903. The van der Waals surface area contributed by atoms with E-state index >= 15 is 0 Å². The van der Waals surface area contributed by atoms with Crippen LogP contribution in [0.1, 0.15) is 0 Å². The second kappa shape index (κ2) is 4.56. The molecule has 18 heavy (non-hydrogen) atoms. The van der Waals surface area contributed by atoms with E-state index in [0.29, 0.717) is 22.7 Å². The van der Waals surface area contributed by atoms with Gasteiger partial charge in [0.25, 0.3) is 0 Å². The third-order valence-corrected chi connectivity index (χ3v) is 2.75. The maximum atomic E-state index is 13.6. The average Bonchev–Trinajstić information content (AvgIpc) is 2.70. The Kier molecular flexibility index (Phi) is 3.10. The molecule has 1 aromatic heterocycles. The number of nitrogen functional groups attached to an aromatic ring is 1.